The van der Waals surface area contributed by atoms with Gasteiger partial charge in [-0.1, -0.05) is 36.4 Å². The van der Waals surface area contributed by atoms with Crippen LogP contribution in [0.3, 0.4) is 0 Å². The molecular weight excluding hydrogens is 703 g/mol. The zero-order valence-corrected chi connectivity index (χ0v) is 32.9. The quantitative estimate of drug-likeness (QED) is 0.0715. The molecule has 0 unspecified atom stereocenters. The first-order valence-electron chi connectivity index (χ1n) is 14.2. The van der Waals surface area contributed by atoms with Gasteiger partial charge >= 0.3 is 0 Å². The van der Waals surface area contributed by atoms with Crippen LogP contribution >= 0.6 is 0 Å². The molecule has 244 valence electrons. The van der Waals surface area contributed by atoms with E-state index in [1.165, 1.54) is 60.7 Å². The van der Waals surface area contributed by atoms with Crippen LogP contribution in [-0.4, -0.2) is 95.3 Å². The average Bonchev–Trinajstić information content (AvgIpc) is 3.03. The standard InChI is InChI=1S/C34H26N4O8S2.2Na/c1-19-15-23(35-37-33-29-11-7-25(47(41,42)43)17-21(29)3-13-31(33)39)5-9-27(19)28-10-6-24(16-20(28)2)36-38-34-30-12-8-26(48(44,45)46)18-22(30)4-14-32(34)40;;/h3-18,39-40H,1-2H3,(H,41,42,43)(H,44,45,46);;. The maximum atomic E-state index is 11.5. The topological polar surface area (TPSA) is 199 Å². The molecule has 0 aliphatic carbocycles. The number of rotatable bonds is 7. The van der Waals surface area contributed by atoms with Gasteiger partial charge in [-0.05, 0) is 108 Å². The average molecular weight is 729 g/mol. The molecule has 0 aliphatic rings. The summed E-state index contributed by atoms with van der Waals surface area (Å²) in [6, 6.07) is 24.7. The van der Waals surface area contributed by atoms with Crippen LogP contribution in [0.25, 0.3) is 32.7 Å². The number of aromatic hydroxyl groups is 2. The fourth-order valence-corrected chi connectivity index (χ4v) is 6.36. The molecule has 0 bridgehead atoms. The summed E-state index contributed by atoms with van der Waals surface area (Å²) in [5, 5.41) is 39.8. The van der Waals surface area contributed by atoms with E-state index in [-0.39, 0.29) is 91.8 Å². The molecule has 0 aromatic heterocycles. The first-order valence-corrected chi connectivity index (χ1v) is 17.1. The van der Waals surface area contributed by atoms with Gasteiger partial charge in [0, 0.05) is 69.9 Å². The summed E-state index contributed by atoms with van der Waals surface area (Å²) in [4.78, 5) is -0.547. The minimum absolute atomic E-state index is 0. The Morgan fingerprint density at radius 3 is 1.20 bits per heavy atom. The van der Waals surface area contributed by atoms with E-state index >= 15 is 0 Å². The third kappa shape index (κ3) is 8.32. The first-order chi connectivity index (χ1) is 22.7. The predicted octanol–water partition coefficient (Wildman–Crippen LogP) is 8.25. The van der Waals surface area contributed by atoms with Crippen LogP contribution in [0.1, 0.15) is 11.1 Å². The molecule has 2 radical (unpaired) electrons. The molecule has 6 rings (SSSR count). The number of hydrogen-bond acceptors (Lipinski definition) is 10. The molecule has 0 fully saturated rings. The third-order valence-electron chi connectivity index (χ3n) is 7.72. The number of phenolic OH excluding ortho intramolecular Hbond substituents is 2. The molecule has 50 heavy (non-hydrogen) atoms. The maximum Gasteiger partial charge on any atom is 0.294 e. The fourth-order valence-electron chi connectivity index (χ4n) is 5.33. The Hall–Kier alpha value is -3.54. The van der Waals surface area contributed by atoms with Crippen molar-refractivity contribution in [2.24, 2.45) is 20.5 Å². The van der Waals surface area contributed by atoms with Crippen molar-refractivity contribution in [2.75, 3.05) is 0 Å². The Morgan fingerprint density at radius 2 is 0.860 bits per heavy atom. The zero-order chi connectivity index (χ0) is 34.4. The van der Waals surface area contributed by atoms with Gasteiger partial charge in [0.05, 0.1) is 21.2 Å². The van der Waals surface area contributed by atoms with Crippen molar-refractivity contribution in [1.82, 2.24) is 0 Å². The summed E-state index contributed by atoms with van der Waals surface area (Å²) < 4.78 is 64.9. The SMILES string of the molecule is Cc1cc(N=Nc2c(O)ccc3cc(S(=O)(=O)O)ccc23)ccc1-c1ccc(N=Nc2c(O)ccc3cc(S(=O)(=O)O)ccc23)cc1C.[Na].[Na]. The first kappa shape index (κ1) is 39.2. The van der Waals surface area contributed by atoms with Crippen LogP contribution < -0.4 is 0 Å². The molecule has 0 heterocycles. The van der Waals surface area contributed by atoms with Gasteiger partial charge in [0.25, 0.3) is 20.2 Å². The number of nitrogens with zero attached hydrogens (tertiary/aromatic N) is 4. The van der Waals surface area contributed by atoms with Crippen molar-refractivity contribution in [2.45, 2.75) is 23.6 Å². The van der Waals surface area contributed by atoms with Crippen molar-refractivity contribution < 1.29 is 36.2 Å². The van der Waals surface area contributed by atoms with E-state index in [0.717, 1.165) is 22.3 Å². The molecule has 0 saturated heterocycles. The van der Waals surface area contributed by atoms with E-state index < -0.39 is 20.2 Å². The van der Waals surface area contributed by atoms with E-state index in [0.29, 0.717) is 32.9 Å². The van der Waals surface area contributed by atoms with Crippen LogP contribution in [0.2, 0.25) is 0 Å². The van der Waals surface area contributed by atoms with E-state index in [1.54, 1.807) is 12.1 Å². The predicted molar refractivity (Wildman–Crippen MR) is 192 cm³/mol. The summed E-state index contributed by atoms with van der Waals surface area (Å²) in [6.45, 7) is 3.84. The summed E-state index contributed by atoms with van der Waals surface area (Å²) >= 11 is 0. The molecule has 0 atom stereocenters. The Balaban J connectivity index is 0.00000281. The van der Waals surface area contributed by atoms with Crippen molar-refractivity contribution in [1.29, 1.82) is 0 Å². The summed E-state index contributed by atoms with van der Waals surface area (Å²) in [5.41, 5.74) is 4.99. The van der Waals surface area contributed by atoms with Gasteiger partial charge in [-0.25, -0.2) is 0 Å². The Kier molecular flexibility index (Phi) is 12.1. The fraction of sp³-hybridized carbons (Fsp3) is 0.0588. The Bertz CT molecular complexity index is 2400. The number of hydrogen-bond donors (Lipinski definition) is 4. The molecule has 0 saturated carbocycles. The minimum Gasteiger partial charge on any atom is -0.506 e. The second-order valence-electron chi connectivity index (χ2n) is 11.0. The summed E-state index contributed by atoms with van der Waals surface area (Å²) in [7, 11) is -8.79. The molecule has 16 heteroatoms. The van der Waals surface area contributed by atoms with Crippen molar-refractivity contribution >= 4 is 124 Å². The van der Waals surface area contributed by atoms with Crippen LogP contribution in [0.5, 0.6) is 11.5 Å². The van der Waals surface area contributed by atoms with Crippen molar-refractivity contribution in [3.8, 4) is 22.6 Å². The molecule has 6 aromatic carbocycles. The molecule has 0 aliphatic heterocycles. The van der Waals surface area contributed by atoms with E-state index in [2.05, 4.69) is 20.5 Å². The van der Waals surface area contributed by atoms with Crippen LogP contribution in [0.4, 0.5) is 22.7 Å². The molecule has 0 spiro atoms. The van der Waals surface area contributed by atoms with E-state index in [9.17, 15) is 36.2 Å². The van der Waals surface area contributed by atoms with Gasteiger partial charge in [0.15, 0.2) is 0 Å². The largest absolute Gasteiger partial charge is 0.506 e. The number of fused-ring (bicyclic) bond motifs is 2. The zero-order valence-electron chi connectivity index (χ0n) is 27.3. The third-order valence-corrected chi connectivity index (χ3v) is 9.42. The van der Waals surface area contributed by atoms with E-state index in [4.69, 9.17) is 0 Å². The van der Waals surface area contributed by atoms with Crippen LogP contribution in [0, 0.1) is 13.8 Å². The smallest absolute Gasteiger partial charge is 0.294 e. The number of aryl methyl sites for hydroxylation is 2. The van der Waals surface area contributed by atoms with Gasteiger partial charge in [-0.3, -0.25) is 9.11 Å². The molecular formula is C34H26N4Na2O8S2. The second-order valence-corrected chi connectivity index (χ2v) is 13.8. The monoisotopic (exact) mass is 728 g/mol. The molecule has 12 nitrogen and oxygen atoms in total. The second kappa shape index (κ2) is 15.4. The van der Waals surface area contributed by atoms with Crippen LogP contribution in [0.15, 0.2) is 127 Å². The Morgan fingerprint density at radius 1 is 0.480 bits per heavy atom. The molecule has 0 amide bonds. The van der Waals surface area contributed by atoms with Gasteiger partial charge < -0.3 is 10.2 Å². The van der Waals surface area contributed by atoms with Gasteiger partial charge in [-0.15, -0.1) is 10.2 Å². The van der Waals surface area contributed by atoms with Crippen LogP contribution in [-0.2, 0) is 20.2 Å². The van der Waals surface area contributed by atoms with Crippen molar-refractivity contribution in [3.63, 3.8) is 0 Å². The summed E-state index contributed by atoms with van der Waals surface area (Å²) in [6.07, 6.45) is 0. The number of azo groups is 2. The maximum absolute atomic E-state index is 11.5. The number of phenols is 2. The van der Waals surface area contributed by atoms with Gasteiger partial charge in [0.2, 0.25) is 0 Å². The summed E-state index contributed by atoms with van der Waals surface area (Å²) in [5.74, 6) is -0.289. The normalized spacial score (nSPS) is 12.0. The number of benzene rings is 6. The molecule has 4 N–H and O–H groups in total. The van der Waals surface area contributed by atoms with Gasteiger partial charge in [0.1, 0.15) is 22.9 Å². The van der Waals surface area contributed by atoms with E-state index in [1.807, 2.05) is 38.1 Å². The van der Waals surface area contributed by atoms with Gasteiger partial charge in [-0.2, -0.15) is 27.1 Å². The van der Waals surface area contributed by atoms with Crippen molar-refractivity contribution in [3.05, 3.63) is 108 Å². The molecule has 6 aromatic rings. The minimum atomic E-state index is -4.40. The Labute approximate surface area is 331 Å².